The van der Waals surface area contributed by atoms with E-state index in [-0.39, 0.29) is 34.6 Å². The lowest BCUT2D eigenvalue weighted by atomic mass is 10.0. The second kappa shape index (κ2) is 11.1. The number of anilines is 1. The van der Waals surface area contributed by atoms with E-state index in [0.29, 0.717) is 49.2 Å². The van der Waals surface area contributed by atoms with E-state index in [1.54, 1.807) is 19.2 Å². The highest BCUT2D eigenvalue weighted by atomic mass is 35.5. The molecule has 3 N–H and O–H groups in total. The van der Waals surface area contributed by atoms with Crippen molar-refractivity contribution in [2.45, 2.75) is 25.0 Å². The number of amides is 1. The van der Waals surface area contributed by atoms with E-state index < -0.39 is 0 Å². The summed E-state index contributed by atoms with van der Waals surface area (Å²) in [5, 5.41) is 3.31. The van der Waals surface area contributed by atoms with Gasteiger partial charge in [-0.2, -0.15) is 0 Å². The van der Waals surface area contributed by atoms with Gasteiger partial charge in [0.05, 0.1) is 35.0 Å². The fraction of sp³-hybridized carbons (Fsp3) is 0.458. The van der Waals surface area contributed by atoms with Crippen molar-refractivity contribution in [3.8, 4) is 17.2 Å². The van der Waals surface area contributed by atoms with Gasteiger partial charge in [0, 0.05) is 26.7 Å². The number of nitrogen functional groups attached to an aromatic ring is 1. The third kappa shape index (κ3) is 5.65. The predicted molar refractivity (Wildman–Crippen MR) is 126 cm³/mol. The quantitative estimate of drug-likeness (QED) is 0.431. The minimum Gasteiger partial charge on any atom is -0.494 e. The molecule has 0 bridgehead atoms. The van der Waals surface area contributed by atoms with Gasteiger partial charge in [-0.25, -0.2) is 4.39 Å². The van der Waals surface area contributed by atoms with Gasteiger partial charge in [0.2, 0.25) is 0 Å². The molecule has 8 nitrogen and oxygen atoms in total. The number of hydrogen-bond acceptors (Lipinski definition) is 7. The Labute approximate surface area is 203 Å². The molecule has 2 atom stereocenters. The Morgan fingerprint density at radius 1 is 1.26 bits per heavy atom. The smallest absolute Gasteiger partial charge is 0.255 e. The molecule has 184 valence electrons. The molecular weight excluding hydrogens is 465 g/mol. The van der Waals surface area contributed by atoms with Crippen LogP contribution in [0.4, 0.5) is 10.1 Å². The first-order chi connectivity index (χ1) is 16.5. The molecular formula is C24H29ClFN3O5. The zero-order valence-electron chi connectivity index (χ0n) is 19.0. The molecule has 0 aliphatic carbocycles. The molecule has 34 heavy (non-hydrogen) atoms. The van der Waals surface area contributed by atoms with Crippen LogP contribution in [0.15, 0.2) is 30.3 Å². The zero-order chi connectivity index (χ0) is 24.1. The van der Waals surface area contributed by atoms with E-state index in [2.05, 4.69) is 10.2 Å². The molecule has 0 radical (unpaired) electrons. The molecule has 2 aromatic carbocycles. The number of ether oxygens (including phenoxy) is 4. The molecule has 4 rings (SSSR count). The maximum absolute atomic E-state index is 13.1. The van der Waals surface area contributed by atoms with Gasteiger partial charge < -0.3 is 34.9 Å². The van der Waals surface area contributed by atoms with Gasteiger partial charge in [-0.15, -0.1) is 0 Å². The number of rotatable bonds is 8. The second-order valence-electron chi connectivity index (χ2n) is 8.27. The summed E-state index contributed by atoms with van der Waals surface area (Å²) in [6.07, 6.45) is 1.37. The zero-order valence-corrected chi connectivity index (χ0v) is 19.8. The number of hydrogen-bond donors (Lipinski definition) is 2. The summed E-state index contributed by atoms with van der Waals surface area (Å²) in [7, 11) is 1.64. The standard InChI is InChI=1S/C24H29ClFN3O5/c1-31-20-14-29(8-2-10-32-16-5-3-15(26)4-6-16)9-7-19(20)28-24(30)17-13-18(25)21(27)23-22(17)33-11-12-34-23/h3-6,13,19-20H,2,7-12,14,27H2,1H3,(H,28,30)/t19-,20+/m1/s1. The van der Waals surface area contributed by atoms with Gasteiger partial charge in [0.1, 0.15) is 24.8 Å². The van der Waals surface area contributed by atoms with Crippen molar-refractivity contribution in [3.05, 3.63) is 46.7 Å². The van der Waals surface area contributed by atoms with Crippen molar-refractivity contribution in [3.63, 3.8) is 0 Å². The highest BCUT2D eigenvalue weighted by Gasteiger charge is 2.32. The van der Waals surface area contributed by atoms with Crippen molar-refractivity contribution >= 4 is 23.2 Å². The normalized spacial score (nSPS) is 20.1. The molecule has 2 heterocycles. The summed E-state index contributed by atoms with van der Waals surface area (Å²) >= 11 is 6.22. The molecule has 1 amide bonds. The summed E-state index contributed by atoms with van der Waals surface area (Å²) < 4.78 is 35.6. The molecule has 0 aromatic heterocycles. The average molecular weight is 494 g/mol. The minimum absolute atomic E-state index is 0.166. The van der Waals surface area contributed by atoms with Crippen LogP contribution in [-0.4, -0.2) is 69.5 Å². The van der Waals surface area contributed by atoms with Crippen molar-refractivity contribution in [2.75, 3.05) is 52.3 Å². The predicted octanol–water partition coefficient (Wildman–Crippen LogP) is 3.12. The number of piperidine rings is 1. The van der Waals surface area contributed by atoms with E-state index in [0.717, 1.165) is 25.9 Å². The summed E-state index contributed by atoms with van der Waals surface area (Å²) in [5.41, 5.74) is 6.55. The van der Waals surface area contributed by atoms with Crippen LogP contribution in [0.25, 0.3) is 0 Å². The van der Waals surface area contributed by atoms with Crippen LogP contribution in [0.2, 0.25) is 5.02 Å². The lowest BCUT2D eigenvalue weighted by Gasteiger charge is -2.38. The fourth-order valence-corrected chi connectivity index (χ4v) is 4.40. The minimum atomic E-state index is -0.308. The largest absolute Gasteiger partial charge is 0.494 e. The number of likely N-dealkylation sites (tertiary alicyclic amines) is 1. The van der Waals surface area contributed by atoms with Crippen LogP contribution >= 0.6 is 11.6 Å². The fourth-order valence-electron chi connectivity index (χ4n) is 4.21. The first kappa shape index (κ1) is 24.4. The van der Waals surface area contributed by atoms with Crippen molar-refractivity contribution < 1.29 is 28.1 Å². The van der Waals surface area contributed by atoms with E-state index >= 15 is 0 Å². The highest BCUT2D eigenvalue weighted by Crippen LogP contribution is 2.43. The number of nitrogens with one attached hydrogen (secondary N) is 1. The maximum atomic E-state index is 13.1. The summed E-state index contributed by atoms with van der Waals surface area (Å²) in [4.78, 5) is 15.4. The van der Waals surface area contributed by atoms with Gasteiger partial charge in [0.15, 0.2) is 11.5 Å². The third-order valence-corrected chi connectivity index (χ3v) is 6.32. The third-order valence-electron chi connectivity index (χ3n) is 6.01. The average Bonchev–Trinajstić information content (AvgIpc) is 2.85. The number of nitrogens with zero attached hydrogens (tertiary/aromatic N) is 1. The molecule has 2 aliphatic rings. The molecule has 1 fully saturated rings. The van der Waals surface area contributed by atoms with Crippen LogP contribution in [0.5, 0.6) is 17.2 Å². The summed E-state index contributed by atoms with van der Waals surface area (Å²) in [5.74, 6) is 0.685. The van der Waals surface area contributed by atoms with Crippen LogP contribution in [0.1, 0.15) is 23.2 Å². The molecule has 0 unspecified atom stereocenters. The van der Waals surface area contributed by atoms with Gasteiger partial charge in [-0.3, -0.25) is 4.79 Å². The molecule has 10 heteroatoms. The number of carbonyl (C=O) groups excluding carboxylic acids is 1. The molecule has 0 spiro atoms. The Hall–Kier alpha value is -2.75. The Morgan fingerprint density at radius 3 is 2.74 bits per heavy atom. The maximum Gasteiger partial charge on any atom is 0.255 e. The number of methoxy groups -OCH3 is 1. The van der Waals surface area contributed by atoms with Crippen LogP contribution in [0, 0.1) is 5.82 Å². The number of halogens is 2. The van der Waals surface area contributed by atoms with E-state index in [1.165, 1.54) is 18.2 Å². The van der Waals surface area contributed by atoms with Gasteiger partial charge in [-0.1, -0.05) is 11.6 Å². The number of fused-ring (bicyclic) bond motifs is 1. The van der Waals surface area contributed by atoms with Crippen LogP contribution in [0.3, 0.4) is 0 Å². The first-order valence-corrected chi connectivity index (χ1v) is 11.7. The van der Waals surface area contributed by atoms with Crippen molar-refractivity contribution in [1.82, 2.24) is 10.2 Å². The molecule has 0 saturated carbocycles. The Balaban J connectivity index is 1.30. The lowest BCUT2D eigenvalue weighted by Crippen LogP contribution is -2.55. The van der Waals surface area contributed by atoms with Gasteiger partial charge >= 0.3 is 0 Å². The van der Waals surface area contributed by atoms with Crippen LogP contribution < -0.4 is 25.3 Å². The van der Waals surface area contributed by atoms with Crippen molar-refractivity contribution in [2.24, 2.45) is 0 Å². The Bertz CT molecular complexity index is 1010. The monoisotopic (exact) mass is 493 g/mol. The number of nitrogens with two attached hydrogens (primary N) is 1. The molecule has 1 saturated heterocycles. The van der Waals surface area contributed by atoms with E-state index in [1.807, 2.05) is 0 Å². The SMILES string of the molecule is CO[C@H]1CN(CCCOc2ccc(F)cc2)CC[C@H]1NC(=O)c1cc(Cl)c(N)c2c1OCCO2. The second-order valence-corrected chi connectivity index (χ2v) is 8.68. The lowest BCUT2D eigenvalue weighted by molar-refractivity contribution is 0.00523. The van der Waals surface area contributed by atoms with E-state index in [9.17, 15) is 9.18 Å². The Morgan fingerprint density at radius 2 is 2.00 bits per heavy atom. The highest BCUT2D eigenvalue weighted by molar-refractivity contribution is 6.34. The molecule has 2 aliphatic heterocycles. The van der Waals surface area contributed by atoms with Gasteiger partial charge in [-0.05, 0) is 43.2 Å². The van der Waals surface area contributed by atoms with Crippen LogP contribution in [-0.2, 0) is 4.74 Å². The molecule has 2 aromatic rings. The summed E-state index contributed by atoms with van der Waals surface area (Å²) in [6.45, 7) is 3.52. The number of carbonyl (C=O) groups is 1. The first-order valence-electron chi connectivity index (χ1n) is 11.3. The number of benzene rings is 2. The Kier molecular flexibility index (Phi) is 7.97. The topological polar surface area (TPSA) is 95.3 Å². The summed E-state index contributed by atoms with van der Waals surface area (Å²) in [6, 6.07) is 7.34. The van der Waals surface area contributed by atoms with Crippen molar-refractivity contribution in [1.29, 1.82) is 0 Å². The van der Waals surface area contributed by atoms with Gasteiger partial charge in [0.25, 0.3) is 5.91 Å². The van der Waals surface area contributed by atoms with E-state index in [4.69, 9.17) is 36.3 Å².